The normalized spacial score (nSPS) is 10.9. The lowest BCUT2D eigenvalue weighted by Gasteiger charge is -2.03. The average Bonchev–Trinajstić information content (AvgIpc) is 2.49. The highest BCUT2D eigenvalue weighted by Gasteiger charge is 1.94. The maximum absolute atomic E-state index is 4.04. The lowest BCUT2D eigenvalue weighted by atomic mass is 10.1. The molecule has 0 spiro atoms. The van der Waals surface area contributed by atoms with Crippen molar-refractivity contribution in [3.63, 3.8) is 0 Å². The van der Waals surface area contributed by atoms with Crippen molar-refractivity contribution >= 4 is 0 Å². The van der Waals surface area contributed by atoms with Crippen LogP contribution in [0, 0.1) is 5.92 Å². The van der Waals surface area contributed by atoms with Crippen molar-refractivity contribution in [2.24, 2.45) is 5.92 Å². The molecule has 0 amide bonds. The van der Waals surface area contributed by atoms with Crippen LogP contribution in [0.4, 0.5) is 0 Å². The summed E-state index contributed by atoms with van der Waals surface area (Å²) in [7, 11) is 0. The van der Waals surface area contributed by atoms with Gasteiger partial charge in [0.05, 0.1) is 0 Å². The van der Waals surface area contributed by atoms with Crippen molar-refractivity contribution in [1.82, 2.24) is 14.8 Å². The van der Waals surface area contributed by atoms with Gasteiger partial charge in [-0.05, 0) is 12.3 Å². The van der Waals surface area contributed by atoms with E-state index in [2.05, 4.69) is 23.9 Å². The summed E-state index contributed by atoms with van der Waals surface area (Å²) in [6.45, 7) is 5.53. The average molecular weight is 167 g/mol. The number of nitrogens with zero attached hydrogens (tertiary/aromatic N) is 3. The van der Waals surface area contributed by atoms with Crippen molar-refractivity contribution in [2.75, 3.05) is 0 Å². The van der Waals surface area contributed by atoms with Gasteiger partial charge in [0.15, 0.2) is 0 Å². The second-order valence-corrected chi connectivity index (χ2v) is 3.55. The van der Waals surface area contributed by atoms with Gasteiger partial charge in [-0.1, -0.05) is 26.7 Å². The number of hydrogen-bond donors (Lipinski definition) is 0. The van der Waals surface area contributed by atoms with Crippen LogP contribution in [0.15, 0.2) is 12.7 Å². The first-order chi connectivity index (χ1) is 5.79. The van der Waals surface area contributed by atoms with Crippen LogP contribution >= 0.6 is 0 Å². The summed E-state index contributed by atoms with van der Waals surface area (Å²) < 4.78 is 1.89. The zero-order chi connectivity index (χ0) is 8.81. The fraction of sp³-hybridized carbons (Fsp3) is 0.778. The van der Waals surface area contributed by atoms with Gasteiger partial charge in [-0.15, -0.1) is 0 Å². The molecule has 0 fully saturated rings. The predicted molar refractivity (Wildman–Crippen MR) is 48.7 cm³/mol. The smallest absolute Gasteiger partial charge is 0.137 e. The van der Waals surface area contributed by atoms with E-state index >= 15 is 0 Å². The molecule has 0 bridgehead atoms. The Labute approximate surface area is 73.8 Å². The maximum atomic E-state index is 4.04. The van der Waals surface area contributed by atoms with E-state index in [-0.39, 0.29) is 0 Å². The molecule has 0 N–H and O–H groups in total. The van der Waals surface area contributed by atoms with Crippen LogP contribution in [-0.2, 0) is 6.54 Å². The highest BCUT2D eigenvalue weighted by Crippen LogP contribution is 2.06. The van der Waals surface area contributed by atoms with E-state index in [9.17, 15) is 0 Å². The quantitative estimate of drug-likeness (QED) is 0.629. The predicted octanol–water partition coefficient (Wildman–Crippen LogP) is 2.10. The first kappa shape index (κ1) is 9.23. The first-order valence-corrected chi connectivity index (χ1v) is 4.61. The largest absolute Gasteiger partial charge is 0.253 e. The first-order valence-electron chi connectivity index (χ1n) is 4.61. The molecular weight excluding hydrogens is 150 g/mol. The van der Waals surface area contributed by atoms with Crippen LogP contribution in [0.1, 0.15) is 33.1 Å². The van der Waals surface area contributed by atoms with Gasteiger partial charge in [-0.2, -0.15) is 5.10 Å². The second kappa shape index (κ2) is 4.91. The van der Waals surface area contributed by atoms with Gasteiger partial charge >= 0.3 is 0 Å². The molecule has 3 heteroatoms. The van der Waals surface area contributed by atoms with Crippen LogP contribution in [0.5, 0.6) is 0 Å². The third-order valence-corrected chi connectivity index (χ3v) is 1.89. The Hall–Kier alpha value is -0.860. The van der Waals surface area contributed by atoms with Gasteiger partial charge < -0.3 is 0 Å². The summed E-state index contributed by atoms with van der Waals surface area (Å²) in [5, 5.41) is 4.04. The Morgan fingerprint density at radius 1 is 1.33 bits per heavy atom. The molecule has 0 aliphatic rings. The van der Waals surface area contributed by atoms with Crippen molar-refractivity contribution in [3.05, 3.63) is 12.7 Å². The summed E-state index contributed by atoms with van der Waals surface area (Å²) in [5.74, 6) is 0.820. The standard InChI is InChI=1S/C9H17N3/c1-9(2)5-3-4-6-12-8-10-7-11-12/h7-9H,3-6H2,1-2H3. The van der Waals surface area contributed by atoms with E-state index in [1.165, 1.54) is 19.3 Å². The molecule has 68 valence electrons. The van der Waals surface area contributed by atoms with E-state index in [0.29, 0.717) is 0 Å². The lowest BCUT2D eigenvalue weighted by molar-refractivity contribution is 0.491. The van der Waals surface area contributed by atoms with Gasteiger partial charge in [-0.3, -0.25) is 4.68 Å². The summed E-state index contributed by atoms with van der Waals surface area (Å²) in [4.78, 5) is 3.89. The molecule has 0 aromatic carbocycles. The zero-order valence-corrected chi connectivity index (χ0v) is 7.90. The van der Waals surface area contributed by atoms with Crippen molar-refractivity contribution in [3.8, 4) is 0 Å². The van der Waals surface area contributed by atoms with Crippen LogP contribution in [0.2, 0.25) is 0 Å². The zero-order valence-electron chi connectivity index (χ0n) is 7.90. The highest BCUT2D eigenvalue weighted by molar-refractivity contribution is 4.56. The monoisotopic (exact) mass is 167 g/mol. The second-order valence-electron chi connectivity index (χ2n) is 3.55. The number of rotatable bonds is 5. The summed E-state index contributed by atoms with van der Waals surface area (Å²) in [5.41, 5.74) is 0. The van der Waals surface area contributed by atoms with Crippen LogP contribution < -0.4 is 0 Å². The van der Waals surface area contributed by atoms with E-state index in [0.717, 1.165) is 12.5 Å². The van der Waals surface area contributed by atoms with Gasteiger partial charge in [0, 0.05) is 6.54 Å². The molecule has 1 aromatic heterocycles. The third kappa shape index (κ3) is 3.51. The molecule has 0 radical (unpaired) electrons. The molecule has 3 nitrogen and oxygen atoms in total. The molecule has 1 aromatic rings. The highest BCUT2D eigenvalue weighted by atomic mass is 15.3. The Balaban J connectivity index is 2.04. The number of hydrogen-bond acceptors (Lipinski definition) is 2. The molecule has 1 heterocycles. The number of unbranched alkanes of at least 4 members (excludes halogenated alkanes) is 1. The molecule has 0 aliphatic carbocycles. The van der Waals surface area contributed by atoms with Crippen LogP contribution in [0.25, 0.3) is 0 Å². The van der Waals surface area contributed by atoms with Crippen LogP contribution in [-0.4, -0.2) is 14.8 Å². The molecule has 0 saturated heterocycles. The molecule has 0 aliphatic heterocycles. The number of aryl methyl sites for hydroxylation is 1. The Morgan fingerprint density at radius 3 is 2.75 bits per heavy atom. The van der Waals surface area contributed by atoms with Crippen molar-refractivity contribution in [1.29, 1.82) is 0 Å². The molecule has 0 saturated carbocycles. The third-order valence-electron chi connectivity index (χ3n) is 1.89. The van der Waals surface area contributed by atoms with E-state index < -0.39 is 0 Å². The van der Waals surface area contributed by atoms with E-state index in [4.69, 9.17) is 0 Å². The molecular formula is C9H17N3. The topological polar surface area (TPSA) is 30.7 Å². The maximum Gasteiger partial charge on any atom is 0.137 e. The Morgan fingerprint density at radius 2 is 2.17 bits per heavy atom. The van der Waals surface area contributed by atoms with Gasteiger partial charge in [0.1, 0.15) is 12.7 Å². The van der Waals surface area contributed by atoms with Gasteiger partial charge in [0.25, 0.3) is 0 Å². The molecule has 12 heavy (non-hydrogen) atoms. The van der Waals surface area contributed by atoms with E-state index in [1.807, 2.05) is 4.68 Å². The summed E-state index contributed by atoms with van der Waals surface area (Å²) in [6.07, 6.45) is 7.17. The Kier molecular flexibility index (Phi) is 3.77. The van der Waals surface area contributed by atoms with Crippen molar-refractivity contribution < 1.29 is 0 Å². The minimum Gasteiger partial charge on any atom is -0.253 e. The minimum atomic E-state index is 0.820. The van der Waals surface area contributed by atoms with Crippen molar-refractivity contribution in [2.45, 2.75) is 39.7 Å². The SMILES string of the molecule is CC(C)CCCCn1cncn1. The fourth-order valence-corrected chi connectivity index (χ4v) is 1.17. The van der Waals surface area contributed by atoms with Crippen LogP contribution in [0.3, 0.4) is 0 Å². The van der Waals surface area contributed by atoms with E-state index in [1.54, 1.807) is 12.7 Å². The molecule has 0 unspecified atom stereocenters. The van der Waals surface area contributed by atoms with Gasteiger partial charge in [0.2, 0.25) is 0 Å². The van der Waals surface area contributed by atoms with Gasteiger partial charge in [-0.25, -0.2) is 4.98 Å². The fourth-order valence-electron chi connectivity index (χ4n) is 1.17. The summed E-state index contributed by atoms with van der Waals surface area (Å²) in [6, 6.07) is 0. The molecule has 1 rings (SSSR count). The summed E-state index contributed by atoms with van der Waals surface area (Å²) >= 11 is 0. The lowest BCUT2D eigenvalue weighted by Crippen LogP contribution is -1.98. The minimum absolute atomic E-state index is 0.820. The Bertz CT molecular complexity index is 192. The molecule has 0 atom stereocenters. The number of aromatic nitrogens is 3.